The number of hydrogen-bond acceptors (Lipinski definition) is 6. The average molecular weight is 630 g/mol. The minimum absolute atomic E-state index is 0.227. The molecule has 0 unspecified atom stereocenters. The Morgan fingerprint density at radius 2 is 1.50 bits per heavy atom. The monoisotopic (exact) mass is 629 g/mol. The lowest BCUT2D eigenvalue weighted by atomic mass is 10.1. The van der Waals surface area contributed by atoms with Gasteiger partial charge in [-0.15, -0.1) is 0 Å². The molecule has 0 aliphatic carbocycles. The second-order valence-electron chi connectivity index (χ2n) is 11.2. The van der Waals surface area contributed by atoms with Crippen LogP contribution < -0.4 is 4.74 Å². The Bertz CT molecular complexity index is 1870. The quantitative estimate of drug-likeness (QED) is 0.172. The van der Waals surface area contributed by atoms with Crippen LogP contribution in [-0.4, -0.2) is 56.8 Å². The van der Waals surface area contributed by atoms with E-state index >= 15 is 0 Å². The summed E-state index contributed by atoms with van der Waals surface area (Å²) in [7, 11) is 0. The molecule has 1 aromatic heterocycles. The molecule has 2 aliphatic rings. The molecule has 0 radical (unpaired) electrons. The molecule has 3 heterocycles. The van der Waals surface area contributed by atoms with Gasteiger partial charge in [-0.2, -0.15) is 10.1 Å². The summed E-state index contributed by atoms with van der Waals surface area (Å²) in [6.07, 6.45) is 3.85. The van der Waals surface area contributed by atoms with Gasteiger partial charge in [-0.3, -0.25) is 9.69 Å². The molecule has 0 saturated carbocycles. The Balaban J connectivity index is 1.07. The number of thioether (sulfide) groups is 1. The third-order valence-electron chi connectivity index (χ3n) is 8.00. The van der Waals surface area contributed by atoms with Crippen LogP contribution in [-0.2, 0) is 17.9 Å². The van der Waals surface area contributed by atoms with Gasteiger partial charge in [0.1, 0.15) is 18.2 Å². The number of aliphatic imine (C=N–C) groups is 1. The molecule has 46 heavy (non-hydrogen) atoms. The lowest BCUT2D eigenvalue weighted by molar-refractivity contribution is -0.113. The zero-order chi connectivity index (χ0) is 31.3. The Kier molecular flexibility index (Phi) is 8.76. The molecular weight excluding hydrogens is 598 g/mol. The number of amides is 1. The van der Waals surface area contributed by atoms with E-state index < -0.39 is 0 Å². The van der Waals surface area contributed by atoms with Gasteiger partial charge in [0.15, 0.2) is 5.17 Å². The Morgan fingerprint density at radius 3 is 2.22 bits per heavy atom. The molecule has 0 atom stereocenters. The Labute approximate surface area is 271 Å². The van der Waals surface area contributed by atoms with Crippen molar-refractivity contribution in [2.45, 2.75) is 13.2 Å². The molecular formula is C37H32FN5O2S. The number of nitrogens with zero attached hydrogens (tertiary/aromatic N) is 5. The third-order valence-corrected chi connectivity index (χ3v) is 9.04. The zero-order valence-corrected chi connectivity index (χ0v) is 25.9. The van der Waals surface area contributed by atoms with Gasteiger partial charge in [-0.1, -0.05) is 60.7 Å². The van der Waals surface area contributed by atoms with Crippen LogP contribution in [0.2, 0.25) is 0 Å². The van der Waals surface area contributed by atoms with Crippen molar-refractivity contribution in [3.63, 3.8) is 0 Å². The summed E-state index contributed by atoms with van der Waals surface area (Å²) in [5, 5.41) is 5.68. The van der Waals surface area contributed by atoms with Crippen LogP contribution in [0, 0.1) is 5.82 Å². The van der Waals surface area contributed by atoms with Crippen LogP contribution in [0.1, 0.15) is 16.7 Å². The number of carbonyl (C=O) groups is 1. The Hall–Kier alpha value is -4.99. The van der Waals surface area contributed by atoms with Crippen molar-refractivity contribution in [3.05, 3.63) is 143 Å². The summed E-state index contributed by atoms with van der Waals surface area (Å²) in [6, 6.07) is 34.4. The standard InChI is InChI=1S/C37H32FN5O2S/c38-31-15-11-28(12-16-31)26-45-33-17-13-29(14-18-33)35-30(25-43(40-35)32-9-5-2-6-10-32)23-34-36(44)39-37(46-34)42-21-19-41(20-22-42)24-27-7-3-1-4-8-27/h1-18,23,25H,19-22,24,26H2. The topological polar surface area (TPSA) is 63.0 Å². The van der Waals surface area contributed by atoms with E-state index in [1.165, 1.54) is 29.5 Å². The van der Waals surface area contributed by atoms with E-state index in [1.807, 2.05) is 77.6 Å². The maximum absolute atomic E-state index is 13.2. The smallest absolute Gasteiger partial charge is 0.286 e. The largest absolute Gasteiger partial charge is 0.489 e. The van der Waals surface area contributed by atoms with Crippen molar-refractivity contribution in [1.82, 2.24) is 19.6 Å². The number of benzene rings is 4. The highest BCUT2D eigenvalue weighted by atomic mass is 32.2. The van der Waals surface area contributed by atoms with Crippen molar-refractivity contribution < 1.29 is 13.9 Å². The highest BCUT2D eigenvalue weighted by Crippen LogP contribution is 2.34. The van der Waals surface area contributed by atoms with Gasteiger partial charge >= 0.3 is 0 Å². The van der Waals surface area contributed by atoms with Crippen molar-refractivity contribution in [2.75, 3.05) is 26.2 Å². The normalized spacial score (nSPS) is 16.2. The maximum Gasteiger partial charge on any atom is 0.286 e. The van der Waals surface area contributed by atoms with Gasteiger partial charge < -0.3 is 9.64 Å². The summed E-state index contributed by atoms with van der Waals surface area (Å²) in [4.78, 5) is 22.8. The lowest BCUT2D eigenvalue weighted by Crippen LogP contribution is -2.47. The van der Waals surface area contributed by atoms with Crippen LogP contribution in [0.15, 0.2) is 125 Å². The number of aromatic nitrogens is 2. The molecule has 1 saturated heterocycles. The molecule has 7 nitrogen and oxygen atoms in total. The second-order valence-corrected chi connectivity index (χ2v) is 12.2. The number of ether oxygens (including phenoxy) is 1. The van der Waals surface area contributed by atoms with Crippen LogP contribution >= 0.6 is 11.8 Å². The summed E-state index contributed by atoms with van der Waals surface area (Å²) < 4.78 is 21.0. The van der Waals surface area contributed by atoms with E-state index in [9.17, 15) is 9.18 Å². The fourth-order valence-corrected chi connectivity index (χ4v) is 6.46. The van der Waals surface area contributed by atoms with Crippen LogP contribution in [0.4, 0.5) is 4.39 Å². The van der Waals surface area contributed by atoms with Crippen molar-refractivity contribution >= 4 is 28.9 Å². The van der Waals surface area contributed by atoms with Gasteiger partial charge in [0.05, 0.1) is 16.3 Å². The average Bonchev–Trinajstić information content (AvgIpc) is 3.69. The predicted molar refractivity (Wildman–Crippen MR) is 181 cm³/mol. The number of amidine groups is 1. The molecule has 2 aliphatic heterocycles. The number of piperazine rings is 1. The molecule has 0 bridgehead atoms. The van der Waals surface area contributed by atoms with E-state index in [2.05, 4.69) is 39.1 Å². The molecule has 5 aromatic rings. The first kappa shape index (κ1) is 29.7. The predicted octanol–water partition coefficient (Wildman–Crippen LogP) is 7.05. The molecule has 0 N–H and O–H groups in total. The zero-order valence-electron chi connectivity index (χ0n) is 25.1. The first-order valence-electron chi connectivity index (χ1n) is 15.2. The molecule has 4 aromatic carbocycles. The number of hydrogen-bond donors (Lipinski definition) is 0. The van der Waals surface area contributed by atoms with Crippen molar-refractivity contribution in [2.24, 2.45) is 4.99 Å². The highest BCUT2D eigenvalue weighted by molar-refractivity contribution is 8.18. The molecule has 9 heteroatoms. The van der Waals surface area contributed by atoms with E-state index in [1.54, 1.807) is 12.1 Å². The fraction of sp³-hybridized carbons (Fsp3) is 0.162. The minimum Gasteiger partial charge on any atom is -0.489 e. The first-order chi connectivity index (χ1) is 22.6. The lowest BCUT2D eigenvalue weighted by Gasteiger charge is -2.35. The minimum atomic E-state index is -0.272. The van der Waals surface area contributed by atoms with Crippen LogP contribution in [0.5, 0.6) is 5.75 Å². The van der Waals surface area contributed by atoms with Gasteiger partial charge in [-0.25, -0.2) is 9.07 Å². The SMILES string of the molecule is O=C1N=C(N2CCN(Cc3ccccc3)CC2)SC1=Cc1cn(-c2ccccc2)nc1-c1ccc(OCc2ccc(F)cc2)cc1. The van der Waals surface area contributed by atoms with E-state index in [-0.39, 0.29) is 11.7 Å². The number of para-hydroxylation sites is 1. The van der Waals surface area contributed by atoms with Gasteiger partial charge in [0.2, 0.25) is 0 Å². The number of rotatable bonds is 8. The summed E-state index contributed by atoms with van der Waals surface area (Å²) in [5.74, 6) is 0.195. The Morgan fingerprint density at radius 1 is 0.804 bits per heavy atom. The molecule has 230 valence electrons. The van der Waals surface area contributed by atoms with Crippen LogP contribution in [0.25, 0.3) is 23.0 Å². The van der Waals surface area contributed by atoms with Crippen molar-refractivity contribution in [3.8, 4) is 22.7 Å². The van der Waals surface area contributed by atoms with Gasteiger partial charge in [0.25, 0.3) is 5.91 Å². The summed E-state index contributed by atoms with van der Waals surface area (Å²) in [5.41, 5.74) is 5.57. The second kappa shape index (κ2) is 13.6. The third kappa shape index (κ3) is 6.96. The maximum atomic E-state index is 13.2. The molecule has 0 spiro atoms. The fourth-order valence-electron chi connectivity index (χ4n) is 5.50. The summed E-state index contributed by atoms with van der Waals surface area (Å²) >= 11 is 1.43. The van der Waals surface area contributed by atoms with Gasteiger partial charge in [0, 0.05) is 50.0 Å². The van der Waals surface area contributed by atoms with Gasteiger partial charge in [-0.05, 0) is 77.5 Å². The van der Waals surface area contributed by atoms with E-state index in [0.717, 1.165) is 66.0 Å². The number of halogens is 1. The van der Waals surface area contributed by atoms with Crippen molar-refractivity contribution in [1.29, 1.82) is 0 Å². The molecule has 7 rings (SSSR count). The summed E-state index contributed by atoms with van der Waals surface area (Å²) in [6.45, 7) is 4.74. The highest BCUT2D eigenvalue weighted by Gasteiger charge is 2.29. The molecule has 1 fully saturated rings. The van der Waals surface area contributed by atoms with E-state index in [0.29, 0.717) is 17.3 Å². The first-order valence-corrected chi connectivity index (χ1v) is 16.1. The van der Waals surface area contributed by atoms with E-state index in [4.69, 9.17) is 9.84 Å². The van der Waals surface area contributed by atoms with Crippen LogP contribution in [0.3, 0.4) is 0 Å². The molecule has 1 amide bonds. The number of carbonyl (C=O) groups excluding carboxylic acids is 1.